The van der Waals surface area contributed by atoms with Gasteiger partial charge >= 0.3 is 0 Å². The van der Waals surface area contributed by atoms with Crippen LogP contribution in [0.5, 0.6) is 5.75 Å². The Morgan fingerprint density at radius 3 is 2.88 bits per heavy atom. The number of ether oxygens (including phenoxy) is 1. The van der Waals surface area contributed by atoms with Crippen LogP contribution in [0.15, 0.2) is 36.4 Å². The summed E-state index contributed by atoms with van der Waals surface area (Å²) in [6.07, 6.45) is 0.867. The van der Waals surface area contributed by atoms with Crippen molar-refractivity contribution in [3.63, 3.8) is 0 Å². The number of hydrogen-bond acceptors (Lipinski definition) is 4. The van der Waals surface area contributed by atoms with Crippen LogP contribution in [0.3, 0.4) is 0 Å². The van der Waals surface area contributed by atoms with Gasteiger partial charge < -0.3 is 20.7 Å². The van der Waals surface area contributed by atoms with E-state index in [0.717, 1.165) is 34.7 Å². The van der Waals surface area contributed by atoms with Crippen LogP contribution in [0.4, 0.5) is 17.1 Å². The van der Waals surface area contributed by atoms with Crippen molar-refractivity contribution in [2.75, 3.05) is 22.5 Å². The first-order valence-corrected chi connectivity index (χ1v) is 9.12. The number of hydrogen-bond donors (Lipinski definition) is 2. The van der Waals surface area contributed by atoms with Gasteiger partial charge in [-0.1, -0.05) is 25.1 Å². The lowest BCUT2D eigenvalue weighted by molar-refractivity contribution is -0.117. The number of nitrogens with one attached hydrogen (secondary N) is 1. The van der Waals surface area contributed by atoms with E-state index in [1.54, 1.807) is 0 Å². The molecule has 2 unspecified atom stereocenters. The van der Waals surface area contributed by atoms with Gasteiger partial charge in [-0.2, -0.15) is 0 Å². The number of nitrogens with zero attached hydrogens (tertiary/aromatic N) is 1. The smallest absolute Gasteiger partial charge is 0.246 e. The summed E-state index contributed by atoms with van der Waals surface area (Å²) in [6.45, 7) is 8.70. The molecule has 0 aliphatic carbocycles. The monoisotopic (exact) mass is 353 g/mol. The molecule has 0 fully saturated rings. The SMILES string of the molecule is CCc1cccc(C)c1NC(=O)C(C)N1CC(C)Oc2cc(N)ccc21. The number of carbonyl (C=O) groups is 1. The Labute approximate surface area is 155 Å². The van der Waals surface area contributed by atoms with E-state index < -0.39 is 0 Å². The van der Waals surface area contributed by atoms with Gasteiger partial charge in [0.1, 0.15) is 17.9 Å². The number of benzene rings is 2. The van der Waals surface area contributed by atoms with Crippen LogP contribution in [0.2, 0.25) is 0 Å². The summed E-state index contributed by atoms with van der Waals surface area (Å²) in [6, 6.07) is 11.4. The first kappa shape index (κ1) is 18.1. The van der Waals surface area contributed by atoms with Gasteiger partial charge in [-0.05, 0) is 50.5 Å². The molecule has 0 aromatic heterocycles. The van der Waals surface area contributed by atoms with Gasteiger partial charge in [0.05, 0.1) is 12.2 Å². The molecule has 1 amide bonds. The van der Waals surface area contributed by atoms with E-state index in [1.165, 1.54) is 0 Å². The molecule has 2 atom stereocenters. The fourth-order valence-electron chi connectivity index (χ4n) is 3.43. The number of anilines is 3. The lowest BCUT2D eigenvalue weighted by Crippen LogP contribution is -2.48. The van der Waals surface area contributed by atoms with Crippen LogP contribution in [0, 0.1) is 6.92 Å². The van der Waals surface area contributed by atoms with Gasteiger partial charge in [0.15, 0.2) is 0 Å². The van der Waals surface area contributed by atoms with E-state index in [1.807, 2.05) is 51.1 Å². The maximum absolute atomic E-state index is 13.0. The number of amides is 1. The predicted molar refractivity (Wildman–Crippen MR) is 107 cm³/mol. The zero-order chi connectivity index (χ0) is 18.8. The summed E-state index contributed by atoms with van der Waals surface area (Å²) in [5, 5.41) is 3.14. The molecule has 1 aliphatic heterocycles. The van der Waals surface area contributed by atoms with Gasteiger partial charge in [0.2, 0.25) is 5.91 Å². The maximum atomic E-state index is 13.0. The molecule has 0 saturated carbocycles. The standard InChI is InChI=1S/C21H27N3O2/c1-5-16-8-6-7-13(2)20(16)23-21(25)15(4)24-12-14(3)26-19-11-17(22)9-10-18(19)24/h6-11,14-15H,5,12,22H2,1-4H3,(H,23,25). The lowest BCUT2D eigenvalue weighted by Gasteiger charge is -2.38. The van der Waals surface area contributed by atoms with Crippen LogP contribution >= 0.6 is 0 Å². The first-order valence-electron chi connectivity index (χ1n) is 9.12. The molecule has 26 heavy (non-hydrogen) atoms. The Kier molecular flexibility index (Phi) is 5.07. The molecule has 2 aromatic rings. The first-order chi connectivity index (χ1) is 12.4. The normalized spacial score (nSPS) is 17.2. The summed E-state index contributed by atoms with van der Waals surface area (Å²) >= 11 is 0. The van der Waals surface area contributed by atoms with Crippen molar-refractivity contribution < 1.29 is 9.53 Å². The second-order valence-corrected chi connectivity index (χ2v) is 6.94. The van der Waals surface area contributed by atoms with Crippen molar-refractivity contribution in [2.45, 2.75) is 46.3 Å². The number of nitrogens with two attached hydrogens (primary N) is 1. The summed E-state index contributed by atoms with van der Waals surface area (Å²) < 4.78 is 5.89. The topological polar surface area (TPSA) is 67.6 Å². The Morgan fingerprint density at radius 2 is 2.15 bits per heavy atom. The lowest BCUT2D eigenvalue weighted by atomic mass is 10.0. The van der Waals surface area contributed by atoms with Gasteiger partial charge in [0.25, 0.3) is 0 Å². The molecule has 3 rings (SSSR count). The Hall–Kier alpha value is -2.69. The van der Waals surface area contributed by atoms with Crippen LogP contribution in [0.1, 0.15) is 31.9 Å². The average molecular weight is 353 g/mol. The quantitative estimate of drug-likeness (QED) is 0.822. The largest absolute Gasteiger partial charge is 0.487 e. The third-order valence-electron chi connectivity index (χ3n) is 4.91. The Bertz CT molecular complexity index is 819. The average Bonchev–Trinajstić information content (AvgIpc) is 2.61. The van der Waals surface area contributed by atoms with Gasteiger partial charge in [0, 0.05) is 17.4 Å². The molecule has 138 valence electrons. The van der Waals surface area contributed by atoms with Crippen LogP contribution in [-0.4, -0.2) is 24.6 Å². The third-order valence-corrected chi connectivity index (χ3v) is 4.91. The fourth-order valence-corrected chi connectivity index (χ4v) is 3.43. The van der Waals surface area contributed by atoms with Crippen molar-refractivity contribution in [3.8, 4) is 5.75 Å². The van der Waals surface area contributed by atoms with E-state index in [9.17, 15) is 4.79 Å². The highest BCUT2D eigenvalue weighted by Gasteiger charge is 2.30. The molecule has 5 nitrogen and oxygen atoms in total. The van der Waals surface area contributed by atoms with Crippen LogP contribution in [0.25, 0.3) is 0 Å². The van der Waals surface area contributed by atoms with Crippen molar-refractivity contribution in [1.29, 1.82) is 0 Å². The summed E-state index contributed by atoms with van der Waals surface area (Å²) in [5.41, 5.74) is 10.6. The minimum atomic E-state index is -0.326. The number of carbonyl (C=O) groups excluding carboxylic acids is 1. The van der Waals surface area contributed by atoms with E-state index in [-0.39, 0.29) is 18.1 Å². The van der Waals surface area contributed by atoms with Crippen LogP contribution < -0.4 is 20.7 Å². The third kappa shape index (κ3) is 3.47. The van der Waals surface area contributed by atoms with E-state index >= 15 is 0 Å². The number of fused-ring (bicyclic) bond motifs is 1. The van der Waals surface area contributed by atoms with Gasteiger partial charge in [-0.3, -0.25) is 4.79 Å². The Morgan fingerprint density at radius 1 is 1.38 bits per heavy atom. The second kappa shape index (κ2) is 7.28. The molecular weight excluding hydrogens is 326 g/mol. The Balaban J connectivity index is 1.86. The molecule has 1 aliphatic rings. The molecule has 0 saturated heterocycles. The van der Waals surface area contributed by atoms with Crippen molar-refractivity contribution in [3.05, 3.63) is 47.5 Å². The minimum absolute atomic E-state index is 0.00999. The second-order valence-electron chi connectivity index (χ2n) is 6.94. The molecule has 2 aromatic carbocycles. The molecule has 0 spiro atoms. The summed E-state index contributed by atoms with van der Waals surface area (Å²) in [7, 11) is 0. The zero-order valence-electron chi connectivity index (χ0n) is 15.9. The van der Waals surface area contributed by atoms with E-state index in [0.29, 0.717) is 12.2 Å². The number of aryl methyl sites for hydroxylation is 2. The molecular formula is C21H27N3O2. The number of nitrogen functional groups attached to an aromatic ring is 1. The molecule has 3 N–H and O–H groups in total. The van der Waals surface area contributed by atoms with Crippen LogP contribution in [-0.2, 0) is 11.2 Å². The molecule has 1 heterocycles. The zero-order valence-corrected chi connectivity index (χ0v) is 15.9. The highest BCUT2D eigenvalue weighted by Crippen LogP contribution is 2.36. The van der Waals surface area contributed by atoms with E-state index in [2.05, 4.69) is 23.2 Å². The summed E-state index contributed by atoms with van der Waals surface area (Å²) in [5.74, 6) is 0.708. The maximum Gasteiger partial charge on any atom is 0.246 e. The predicted octanol–water partition coefficient (Wildman–Crippen LogP) is 3.75. The fraction of sp³-hybridized carbons (Fsp3) is 0.381. The summed E-state index contributed by atoms with van der Waals surface area (Å²) in [4.78, 5) is 15.1. The number of rotatable bonds is 4. The van der Waals surface area contributed by atoms with Crippen molar-refractivity contribution in [2.24, 2.45) is 0 Å². The van der Waals surface area contributed by atoms with Gasteiger partial charge in [-0.15, -0.1) is 0 Å². The molecule has 0 bridgehead atoms. The van der Waals surface area contributed by atoms with Crippen molar-refractivity contribution >= 4 is 23.0 Å². The van der Waals surface area contributed by atoms with Crippen molar-refractivity contribution in [1.82, 2.24) is 0 Å². The molecule has 0 radical (unpaired) electrons. The highest BCUT2D eigenvalue weighted by atomic mass is 16.5. The highest BCUT2D eigenvalue weighted by molar-refractivity contribution is 5.98. The molecule has 5 heteroatoms. The van der Waals surface area contributed by atoms with Gasteiger partial charge in [-0.25, -0.2) is 0 Å². The van der Waals surface area contributed by atoms with E-state index in [4.69, 9.17) is 10.5 Å². The minimum Gasteiger partial charge on any atom is -0.487 e. The number of para-hydroxylation sites is 1.